The summed E-state index contributed by atoms with van der Waals surface area (Å²) in [6, 6.07) is 6.25. The molecule has 1 aromatic carbocycles. The van der Waals surface area contributed by atoms with Gasteiger partial charge in [0.05, 0.1) is 28.4 Å². The lowest BCUT2D eigenvalue weighted by Crippen LogP contribution is -2.42. The smallest absolute Gasteiger partial charge is 0.0955 e. The maximum atomic E-state index is 5.95. The summed E-state index contributed by atoms with van der Waals surface area (Å²) in [5.41, 5.74) is 0.995. The van der Waals surface area contributed by atoms with E-state index in [1.807, 2.05) is 18.2 Å². The third-order valence-electron chi connectivity index (χ3n) is 2.81. The van der Waals surface area contributed by atoms with Crippen molar-refractivity contribution in [1.82, 2.24) is 10.3 Å². The van der Waals surface area contributed by atoms with E-state index in [1.54, 1.807) is 11.3 Å². The Labute approximate surface area is 109 Å². The van der Waals surface area contributed by atoms with E-state index in [2.05, 4.69) is 10.3 Å². The van der Waals surface area contributed by atoms with Crippen molar-refractivity contribution in [2.75, 3.05) is 19.8 Å². The summed E-state index contributed by atoms with van der Waals surface area (Å²) in [4.78, 5) is 4.61. The van der Waals surface area contributed by atoms with Crippen LogP contribution in [0.1, 0.15) is 5.01 Å². The van der Waals surface area contributed by atoms with Gasteiger partial charge in [0.2, 0.25) is 0 Å². The van der Waals surface area contributed by atoms with Gasteiger partial charge in [0.25, 0.3) is 0 Å². The first-order valence-corrected chi connectivity index (χ1v) is 6.87. The first kappa shape index (κ1) is 11.4. The number of nitrogens with one attached hydrogen (secondary N) is 1. The summed E-state index contributed by atoms with van der Waals surface area (Å²) in [6.07, 6.45) is 0.928. The molecule has 1 saturated heterocycles. The van der Waals surface area contributed by atoms with E-state index >= 15 is 0 Å². The molecular formula is C12H13ClN2OS. The minimum Gasteiger partial charge on any atom is -0.379 e. The second-order valence-corrected chi connectivity index (χ2v) is 5.70. The summed E-state index contributed by atoms with van der Waals surface area (Å²) >= 11 is 7.69. The average Bonchev–Trinajstić information content (AvgIpc) is 2.71. The Morgan fingerprint density at radius 2 is 2.47 bits per heavy atom. The van der Waals surface area contributed by atoms with Crippen molar-refractivity contribution in [2.24, 2.45) is 0 Å². The monoisotopic (exact) mass is 268 g/mol. The summed E-state index contributed by atoms with van der Waals surface area (Å²) in [6.45, 7) is 2.52. The van der Waals surface area contributed by atoms with Crippen LogP contribution in [0.2, 0.25) is 5.02 Å². The van der Waals surface area contributed by atoms with Gasteiger partial charge in [-0.15, -0.1) is 11.3 Å². The van der Waals surface area contributed by atoms with Crippen LogP contribution in [0.15, 0.2) is 18.2 Å². The fraction of sp³-hybridized carbons (Fsp3) is 0.417. The average molecular weight is 269 g/mol. The van der Waals surface area contributed by atoms with Crippen LogP contribution >= 0.6 is 22.9 Å². The van der Waals surface area contributed by atoms with Gasteiger partial charge < -0.3 is 10.1 Å². The van der Waals surface area contributed by atoms with Crippen molar-refractivity contribution in [3.05, 3.63) is 28.2 Å². The van der Waals surface area contributed by atoms with Gasteiger partial charge in [0, 0.05) is 24.0 Å². The maximum absolute atomic E-state index is 5.95. The fourth-order valence-electron chi connectivity index (χ4n) is 2.00. The number of fused-ring (bicyclic) bond motifs is 1. The molecule has 0 saturated carbocycles. The Balaban J connectivity index is 1.80. The number of hydrogen-bond acceptors (Lipinski definition) is 4. The molecule has 2 aromatic rings. The Bertz CT molecular complexity index is 522. The molecule has 0 spiro atoms. The standard InChI is InChI=1S/C12H13ClN2OS/c13-8-1-2-11-10(5-8)15-12(17-11)6-9-7-16-4-3-14-9/h1-2,5,9,14H,3-4,6-7H2. The number of nitrogens with zero attached hydrogens (tertiary/aromatic N) is 1. The number of morpholine rings is 1. The molecule has 1 atom stereocenters. The molecule has 1 aromatic heterocycles. The van der Waals surface area contributed by atoms with E-state index in [1.165, 1.54) is 4.70 Å². The Hall–Kier alpha value is -0.680. The molecule has 0 amide bonds. The zero-order valence-corrected chi connectivity index (χ0v) is 10.9. The third kappa shape index (κ3) is 2.60. The summed E-state index contributed by atoms with van der Waals surface area (Å²) in [5, 5.41) is 5.33. The molecule has 1 fully saturated rings. The molecule has 3 rings (SSSR count). The minimum atomic E-state index is 0.389. The van der Waals surface area contributed by atoms with Crippen molar-refractivity contribution in [3.63, 3.8) is 0 Å². The Morgan fingerprint density at radius 1 is 1.53 bits per heavy atom. The quantitative estimate of drug-likeness (QED) is 0.909. The number of halogens is 1. The van der Waals surface area contributed by atoms with Gasteiger partial charge in [-0.05, 0) is 18.2 Å². The van der Waals surface area contributed by atoms with Crippen LogP contribution in [0.5, 0.6) is 0 Å². The van der Waals surface area contributed by atoms with E-state index in [0.717, 1.165) is 41.7 Å². The molecule has 1 unspecified atom stereocenters. The van der Waals surface area contributed by atoms with Gasteiger partial charge >= 0.3 is 0 Å². The van der Waals surface area contributed by atoms with Gasteiger partial charge in [0.1, 0.15) is 0 Å². The normalized spacial score (nSPS) is 20.9. The third-order valence-corrected chi connectivity index (χ3v) is 4.11. The molecule has 5 heteroatoms. The lowest BCUT2D eigenvalue weighted by atomic mass is 10.2. The Morgan fingerprint density at radius 3 is 3.29 bits per heavy atom. The topological polar surface area (TPSA) is 34.1 Å². The predicted molar refractivity (Wildman–Crippen MR) is 70.9 cm³/mol. The number of ether oxygens (including phenoxy) is 1. The van der Waals surface area contributed by atoms with Crippen LogP contribution in [0, 0.1) is 0 Å². The molecule has 1 aliphatic rings. The van der Waals surface area contributed by atoms with E-state index < -0.39 is 0 Å². The molecule has 1 aliphatic heterocycles. The lowest BCUT2D eigenvalue weighted by Gasteiger charge is -2.22. The molecule has 2 heterocycles. The molecule has 0 radical (unpaired) electrons. The highest BCUT2D eigenvalue weighted by Gasteiger charge is 2.15. The van der Waals surface area contributed by atoms with Crippen molar-refractivity contribution in [1.29, 1.82) is 0 Å². The number of rotatable bonds is 2. The van der Waals surface area contributed by atoms with Gasteiger partial charge in [-0.3, -0.25) is 0 Å². The number of benzene rings is 1. The second-order valence-electron chi connectivity index (χ2n) is 4.15. The van der Waals surface area contributed by atoms with Crippen LogP contribution in [-0.2, 0) is 11.2 Å². The maximum Gasteiger partial charge on any atom is 0.0955 e. The molecule has 3 nitrogen and oxygen atoms in total. The lowest BCUT2D eigenvalue weighted by molar-refractivity contribution is 0.0770. The highest BCUT2D eigenvalue weighted by Crippen LogP contribution is 2.25. The van der Waals surface area contributed by atoms with Crippen molar-refractivity contribution in [2.45, 2.75) is 12.5 Å². The van der Waals surface area contributed by atoms with Crippen molar-refractivity contribution in [3.8, 4) is 0 Å². The van der Waals surface area contributed by atoms with Crippen molar-refractivity contribution < 1.29 is 4.74 Å². The Kier molecular flexibility index (Phi) is 3.29. The second kappa shape index (κ2) is 4.90. The van der Waals surface area contributed by atoms with Crippen LogP contribution < -0.4 is 5.32 Å². The molecule has 17 heavy (non-hydrogen) atoms. The number of aromatic nitrogens is 1. The number of thiazole rings is 1. The van der Waals surface area contributed by atoms with Crippen LogP contribution in [0.25, 0.3) is 10.2 Å². The van der Waals surface area contributed by atoms with Gasteiger partial charge in [-0.2, -0.15) is 0 Å². The van der Waals surface area contributed by atoms with Gasteiger partial charge in [0.15, 0.2) is 0 Å². The van der Waals surface area contributed by atoms with E-state index in [-0.39, 0.29) is 0 Å². The molecule has 1 N–H and O–H groups in total. The molecule has 0 aliphatic carbocycles. The SMILES string of the molecule is Clc1ccc2sc(CC3COCCN3)nc2c1. The van der Waals surface area contributed by atoms with Gasteiger partial charge in [-0.1, -0.05) is 11.6 Å². The van der Waals surface area contributed by atoms with E-state index in [0.29, 0.717) is 6.04 Å². The van der Waals surface area contributed by atoms with Crippen LogP contribution in [-0.4, -0.2) is 30.8 Å². The van der Waals surface area contributed by atoms with Crippen LogP contribution in [0.3, 0.4) is 0 Å². The van der Waals surface area contributed by atoms with Gasteiger partial charge in [-0.25, -0.2) is 4.98 Å². The summed E-state index contributed by atoms with van der Waals surface area (Å²) in [5.74, 6) is 0. The highest BCUT2D eigenvalue weighted by atomic mass is 35.5. The minimum absolute atomic E-state index is 0.389. The first-order valence-electron chi connectivity index (χ1n) is 5.67. The zero-order chi connectivity index (χ0) is 11.7. The first-order chi connectivity index (χ1) is 8.31. The van der Waals surface area contributed by atoms with Crippen LogP contribution in [0.4, 0.5) is 0 Å². The number of hydrogen-bond donors (Lipinski definition) is 1. The highest BCUT2D eigenvalue weighted by molar-refractivity contribution is 7.18. The summed E-state index contributed by atoms with van der Waals surface area (Å²) < 4.78 is 6.64. The van der Waals surface area contributed by atoms with E-state index in [9.17, 15) is 0 Å². The summed E-state index contributed by atoms with van der Waals surface area (Å²) in [7, 11) is 0. The largest absolute Gasteiger partial charge is 0.379 e. The molecule has 90 valence electrons. The van der Waals surface area contributed by atoms with E-state index in [4.69, 9.17) is 16.3 Å². The fourth-order valence-corrected chi connectivity index (χ4v) is 3.19. The zero-order valence-electron chi connectivity index (χ0n) is 9.28. The molecular weight excluding hydrogens is 256 g/mol. The van der Waals surface area contributed by atoms with Crippen molar-refractivity contribution >= 4 is 33.2 Å². The molecule has 0 bridgehead atoms. The predicted octanol–water partition coefficient (Wildman–Crippen LogP) is 2.48.